The van der Waals surface area contributed by atoms with Gasteiger partial charge < -0.3 is 20.8 Å². The molecule has 4 N–H and O–H groups in total. The van der Waals surface area contributed by atoms with Crippen molar-refractivity contribution < 1.29 is 19.8 Å². The van der Waals surface area contributed by atoms with E-state index in [0.717, 1.165) is 0 Å². The molecule has 0 bridgehead atoms. The van der Waals surface area contributed by atoms with Gasteiger partial charge in [-0.05, 0) is 6.92 Å². The Morgan fingerprint density at radius 2 is 2.40 bits per heavy atom. The van der Waals surface area contributed by atoms with E-state index in [0.29, 0.717) is 23.6 Å². The molecule has 0 aromatic carbocycles. The minimum atomic E-state index is -1.10. The van der Waals surface area contributed by atoms with E-state index in [9.17, 15) is 19.8 Å². The molecule has 1 unspecified atom stereocenters. The number of β-lactam (4-membered cyclic amide) rings is 1. The van der Waals surface area contributed by atoms with Gasteiger partial charge in [-0.2, -0.15) is 0 Å². The minimum Gasteiger partial charge on any atom is -0.477 e. The number of carbonyl (C=O) groups is 2. The van der Waals surface area contributed by atoms with E-state index in [2.05, 4.69) is 4.99 Å². The van der Waals surface area contributed by atoms with E-state index >= 15 is 0 Å². The molecule has 0 radical (unpaired) electrons. The van der Waals surface area contributed by atoms with Crippen LogP contribution in [0.1, 0.15) is 13.3 Å². The lowest BCUT2D eigenvalue weighted by Crippen LogP contribution is -2.61. The Balaban J connectivity index is 2.11. The monoisotopic (exact) mass is 299 g/mol. The third-order valence-electron chi connectivity index (χ3n) is 3.49. The van der Waals surface area contributed by atoms with Crippen LogP contribution in [0.5, 0.6) is 0 Å². The summed E-state index contributed by atoms with van der Waals surface area (Å²) in [5, 5.41) is 18.9. The normalized spacial score (nSPS) is 26.9. The smallest absolute Gasteiger partial charge is 0.353 e. The Hall–Kier alpha value is -1.54. The molecule has 2 heterocycles. The molecule has 3 atom stereocenters. The zero-order chi connectivity index (χ0) is 14.9. The fourth-order valence-electron chi connectivity index (χ4n) is 2.66. The Morgan fingerprint density at radius 3 is 2.95 bits per heavy atom. The van der Waals surface area contributed by atoms with Gasteiger partial charge in [-0.15, -0.1) is 11.8 Å². The number of carboxylic acids is 1. The maximum atomic E-state index is 11.9. The molecular weight excluding hydrogens is 282 g/mol. The van der Waals surface area contributed by atoms with Crippen molar-refractivity contribution in [2.75, 3.05) is 12.3 Å². The lowest BCUT2D eigenvalue weighted by Gasteiger charge is -2.44. The van der Waals surface area contributed by atoms with Crippen molar-refractivity contribution in [2.24, 2.45) is 16.6 Å². The number of amides is 1. The highest BCUT2D eigenvalue weighted by Crippen LogP contribution is 2.46. The number of nitrogens with two attached hydrogens (primary N) is 1. The van der Waals surface area contributed by atoms with Crippen LogP contribution in [0.25, 0.3) is 0 Å². The van der Waals surface area contributed by atoms with Gasteiger partial charge in [0.25, 0.3) is 0 Å². The quantitative estimate of drug-likeness (QED) is 0.266. The molecule has 2 rings (SSSR count). The molecule has 20 heavy (non-hydrogen) atoms. The Labute approximate surface area is 120 Å². The van der Waals surface area contributed by atoms with Crippen LogP contribution in [-0.4, -0.2) is 57.8 Å². The summed E-state index contributed by atoms with van der Waals surface area (Å²) in [7, 11) is 0. The molecule has 0 aromatic rings. The first kappa shape index (κ1) is 14.9. The molecule has 0 aliphatic carbocycles. The number of nitrogens with zero attached hydrogens (tertiary/aromatic N) is 2. The van der Waals surface area contributed by atoms with E-state index < -0.39 is 18.0 Å². The number of aliphatic hydroxyl groups is 1. The predicted octanol–water partition coefficient (Wildman–Crippen LogP) is -0.386. The molecule has 1 saturated heterocycles. The van der Waals surface area contributed by atoms with Gasteiger partial charge in [-0.1, -0.05) is 0 Å². The molecule has 7 nitrogen and oxygen atoms in total. The van der Waals surface area contributed by atoms with Gasteiger partial charge in [0.05, 0.1) is 30.9 Å². The molecule has 0 saturated carbocycles. The van der Waals surface area contributed by atoms with Crippen molar-refractivity contribution in [2.45, 2.75) is 25.5 Å². The molecule has 110 valence electrons. The summed E-state index contributed by atoms with van der Waals surface area (Å²) in [6.07, 6.45) is 0.937. The lowest BCUT2D eigenvalue weighted by atomic mass is 9.83. The number of aliphatic hydroxyl groups excluding tert-OH is 1. The highest BCUT2D eigenvalue weighted by atomic mass is 32.2. The van der Waals surface area contributed by atoms with Gasteiger partial charge in [0.15, 0.2) is 0 Å². The maximum Gasteiger partial charge on any atom is 0.353 e. The van der Waals surface area contributed by atoms with Crippen molar-refractivity contribution in [3.63, 3.8) is 0 Å². The number of rotatable bonds is 6. The number of fused-ring (bicyclic) bond motifs is 1. The van der Waals surface area contributed by atoms with Crippen molar-refractivity contribution >= 4 is 30.0 Å². The lowest BCUT2D eigenvalue weighted by molar-refractivity contribution is -0.161. The fourth-order valence-corrected chi connectivity index (χ4v) is 3.71. The van der Waals surface area contributed by atoms with Crippen LogP contribution >= 0.6 is 11.8 Å². The number of carbonyl (C=O) groups excluding carboxylic acids is 1. The fraction of sp³-hybridized carbons (Fsp3) is 0.583. The molecule has 1 amide bonds. The Bertz CT molecular complexity index is 489. The van der Waals surface area contributed by atoms with Crippen LogP contribution in [0.3, 0.4) is 0 Å². The topological polar surface area (TPSA) is 116 Å². The first-order valence-electron chi connectivity index (χ1n) is 6.29. The average Bonchev–Trinajstić information content (AvgIpc) is 2.69. The third-order valence-corrected chi connectivity index (χ3v) is 4.59. The maximum absolute atomic E-state index is 11.9. The van der Waals surface area contributed by atoms with Crippen molar-refractivity contribution in [3.05, 3.63) is 10.6 Å². The van der Waals surface area contributed by atoms with Crippen molar-refractivity contribution in [1.29, 1.82) is 0 Å². The summed E-state index contributed by atoms with van der Waals surface area (Å²) >= 11 is 1.38. The van der Waals surface area contributed by atoms with Gasteiger partial charge in [-0.3, -0.25) is 9.79 Å². The van der Waals surface area contributed by atoms with Gasteiger partial charge in [0.1, 0.15) is 5.70 Å². The predicted molar refractivity (Wildman–Crippen MR) is 75.1 cm³/mol. The van der Waals surface area contributed by atoms with Crippen LogP contribution < -0.4 is 5.73 Å². The highest BCUT2D eigenvalue weighted by Gasteiger charge is 2.56. The number of carboxylic acid groups (broad SMARTS) is 1. The number of hydrogen-bond acceptors (Lipinski definition) is 5. The highest BCUT2D eigenvalue weighted by molar-refractivity contribution is 8.03. The summed E-state index contributed by atoms with van der Waals surface area (Å²) in [5.74, 6) is -1.30. The van der Waals surface area contributed by atoms with E-state index in [1.165, 1.54) is 23.0 Å². The minimum absolute atomic E-state index is 0.0543. The summed E-state index contributed by atoms with van der Waals surface area (Å²) in [5.41, 5.74) is 5.19. The standard InChI is InChI=1S/C12H17N3O4S/c1-6(16)9-7-4-8(20-3-2-14-5-13)10(12(18)19)15(7)11(9)17/h5-7,9,16H,2-4H2,1H3,(H2,13,14)(H,18,19)/t6?,7-,9+/m1/s1. The largest absolute Gasteiger partial charge is 0.477 e. The van der Waals surface area contributed by atoms with Crippen molar-refractivity contribution in [1.82, 2.24) is 4.90 Å². The molecule has 1 fully saturated rings. The Kier molecular flexibility index (Phi) is 4.34. The number of thioether (sulfide) groups is 1. The zero-order valence-corrected chi connectivity index (χ0v) is 11.8. The summed E-state index contributed by atoms with van der Waals surface area (Å²) < 4.78 is 0. The molecule has 0 aromatic heterocycles. The Morgan fingerprint density at radius 1 is 1.70 bits per heavy atom. The molecule has 2 aliphatic heterocycles. The molecule has 0 spiro atoms. The average molecular weight is 299 g/mol. The van der Waals surface area contributed by atoms with E-state index in [1.54, 1.807) is 6.92 Å². The van der Waals surface area contributed by atoms with Gasteiger partial charge in [0, 0.05) is 17.1 Å². The van der Waals surface area contributed by atoms with E-state index in [-0.39, 0.29) is 17.6 Å². The van der Waals surface area contributed by atoms with Crippen LogP contribution in [0, 0.1) is 5.92 Å². The van der Waals surface area contributed by atoms with Crippen molar-refractivity contribution in [3.8, 4) is 0 Å². The summed E-state index contributed by atoms with van der Waals surface area (Å²) in [4.78, 5) is 29.1. The number of aliphatic carboxylic acids is 1. The summed E-state index contributed by atoms with van der Waals surface area (Å²) in [6.45, 7) is 2.05. The van der Waals surface area contributed by atoms with E-state index in [1.807, 2.05) is 0 Å². The summed E-state index contributed by atoms with van der Waals surface area (Å²) in [6, 6.07) is -0.228. The first-order valence-corrected chi connectivity index (χ1v) is 7.28. The zero-order valence-electron chi connectivity index (χ0n) is 11.0. The second kappa shape index (κ2) is 5.84. The second-order valence-electron chi connectivity index (χ2n) is 4.73. The molecule has 2 aliphatic rings. The van der Waals surface area contributed by atoms with Crippen LogP contribution in [0.15, 0.2) is 15.6 Å². The SMILES string of the molecule is CC(O)[C@@H]1C(=O)N2C(C(=O)O)=C(SCCN=CN)C[C@H]12. The second-order valence-corrected chi connectivity index (χ2v) is 5.92. The van der Waals surface area contributed by atoms with Gasteiger partial charge in [0.2, 0.25) is 5.91 Å². The van der Waals surface area contributed by atoms with Gasteiger partial charge in [-0.25, -0.2) is 4.79 Å². The number of hydrogen-bond donors (Lipinski definition) is 3. The molecule has 8 heteroatoms. The number of aliphatic imine (C=N–C) groups is 1. The van der Waals surface area contributed by atoms with Crippen LogP contribution in [0.2, 0.25) is 0 Å². The van der Waals surface area contributed by atoms with Gasteiger partial charge >= 0.3 is 5.97 Å². The third kappa shape index (κ3) is 2.40. The first-order chi connectivity index (χ1) is 9.49. The van der Waals surface area contributed by atoms with Crippen LogP contribution in [-0.2, 0) is 9.59 Å². The van der Waals surface area contributed by atoms with E-state index in [4.69, 9.17) is 5.73 Å². The molecular formula is C12H17N3O4S. The van der Waals surface area contributed by atoms with Crippen LogP contribution in [0.4, 0.5) is 0 Å².